The van der Waals surface area contributed by atoms with Gasteiger partial charge in [0.2, 0.25) is 0 Å². The molecule has 0 unspecified atom stereocenters. The van der Waals surface area contributed by atoms with Gasteiger partial charge >= 0.3 is 20.9 Å². The van der Waals surface area contributed by atoms with Crippen LogP contribution in [-0.4, -0.2) is 45.7 Å². The number of nitro benzene ring substituents is 2. The van der Waals surface area contributed by atoms with Crippen molar-refractivity contribution in [2.75, 3.05) is 0 Å². The van der Waals surface area contributed by atoms with Crippen molar-refractivity contribution < 1.29 is 48.3 Å². The lowest BCUT2D eigenvalue weighted by Gasteiger charge is -2.04. The van der Waals surface area contributed by atoms with Crippen molar-refractivity contribution in [2.24, 2.45) is 7.05 Å². The number of phenolic OH excluding ortho intramolecular Hbond substituents is 1. The summed E-state index contributed by atoms with van der Waals surface area (Å²) in [5.74, 6) is -0.127. The molecule has 20 heteroatoms. The number of benzene rings is 2. The van der Waals surface area contributed by atoms with E-state index in [0.717, 1.165) is 18.3 Å². The number of nitro groups is 2. The number of non-ortho nitro benzene ring substituents is 2. The van der Waals surface area contributed by atoms with Crippen LogP contribution < -0.4 is 8.75 Å². The van der Waals surface area contributed by atoms with Gasteiger partial charge in [-0.3, -0.25) is 30.2 Å². The van der Waals surface area contributed by atoms with Crippen LogP contribution in [0.25, 0.3) is 21.8 Å². The van der Waals surface area contributed by atoms with E-state index in [2.05, 4.69) is 14.2 Å². The molecule has 0 amide bonds. The molecule has 0 aliphatic carbocycles. The molecule has 226 valence electrons. The highest BCUT2D eigenvalue weighted by molar-refractivity contribution is 7.84. The number of nitrogens with zero attached hydrogens (tertiary/aromatic N) is 6. The Balaban J connectivity index is 0.000000182. The fraction of sp³-hybridized carbons (Fsp3) is 0.0870. The number of hydrogen-bond donors (Lipinski definition) is 1. The van der Waals surface area contributed by atoms with Crippen LogP contribution in [-0.2, 0) is 28.0 Å². The molecule has 16 nitrogen and oxygen atoms in total. The maximum absolute atomic E-state index is 12.5. The molecule has 3 aromatic heterocycles. The van der Waals surface area contributed by atoms with Crippen molar-refractivity contribution in [1.82, 2.24) is 13.9 Å². The number of halogens is 2. The van der Waals surface area contributed by atoms with Crippen molar-refractivity contribution in [3.8, 4) is 11.5 Å². The first-order valence-electron chi connectivity index (χ1n) is 11.4. The van der Waals surface area contributed by atoms with E-state index < -0.39 is 36.5 Å². The number of fused-ring (bicyclic) bond motifs is 2. The average molecular weight is 642 g/mol. The van der Waals surface area contributed by atoms with Gasteiger partial charge in [-0.25, -0.2) is 4.57 Å². The van der Waals surface area contributed by atoms with Gasteiger partial charge in [0.25, 0.3) is 17.2 Å². The highest BCUT2D eigenvalue weighted by atomic mass is 32.3. The maximum Gasteiger partial charge on any atom is 0.488 e. The van der Waals surface area contributed by atoms with E-state index >= 15 is 0 Å². The second-order valence-electron chi connectivity index (χ2n) is 8.17. The highest BCUT2D eigenvalue weighted by Gasteiger charge is 2.22. The second-order valence-corrected chi connectivity index (χ2v) is 10.3. The molecule has 0 aliphatic rings. The van der Waals surface area contributed by atoms with Crippen molar-refractivity contribution >= 4 is 54.1 Å². The maximum atomic E-state index is 12.5. The molecule has 0 fully saturated rings. The summed E-state index contributed by atoms with van der Waals surface area (Å²) in [6, 6.07) is 10.5. The highest BCUT2D eigenvalue weighted by Crippen LogP contribution is 2.32. The summed E-state index contributed by atoms with van der Waals surface area (Å²) in [7, 11) is -8.19. The number of imidazole rings is 1. The third-order valence-electron chi connectivity index (χ3n) is 5.51. The number of phenols is 1. The third kappa shape index (κ3) is 7.89. The van der Waals surface area contributed by atoms with E-state index in [4.69, 9.17) is 0 Å². The minimum atomic E-state index is -5.21. The molecule has 3 heterocycles. The number of rotatable bonds is 5. The van der Waals surface area contributed by atoms with Gasteiger partial charge in [-0.2, -0.15) is 16.8 Å². The van der Waals surface area contributed by atoms with Crippen molar-refractivity contribution in [1.29, 1.82) is 0 Å². The Morgan fingerprint density at radius 1 is 0.884 bits per heavy atom. The van der Waals surface area contributed by atoms with Gasteiger partial charge in [0.15, 0.2) is 5.75 Å². The Labute approximate surface area is 241 Å². The topological polar surface area (TPSA) is 219 Å². The van der Waals surface area contributed by atoms with E-state index in [9.17, 15) is 49.9 Å². The molecule has 0 radical (unpaired) electrons. The van der Waals surface area contributed by atoms with Gasteiger partial charge in [-0.05, 0) is 36.4 Å². The number of aromatic hydroxyl groups is 1. The molecule has 0 aliphatic heterocycles. The summed E-state index contributed by atoms with van der Waals surface area (Å²) < 4.78 is 72.5. The zero-order valence-corrected chi connectivity index (χ0v) is 23.4. The van der Waals surface area contributed by atoms with Crippen LogP contribution in [0.2, 0.25) is 0 Å². The minimum Gasteiger partial charge on any atom is -0.506 e. The Morgan fingerprint density at radius 2 is 1.40 bits per heavy atom. The summed E-state index contributed by atoms with van der Waals surface area (Å²) >= 11 is 0. The zero-order chi connectivity index (χ0) is 32.1. The van der Waals surface area contributed by atoms with Crippen LogP contribution in [0.1, 0.15) is 5.82 Å². The second kappa shape index (κ2) is 12.7. The summed E-state index contributed by atoms with van der Waals surface area (Å²) in [4.78, 5) is 27.8. The minimum absolute atomic E-state index is 0.0498. The predicted molar refractivity (Wildman–Crippen MR) is 145 cm³/mol. The fourth-order valence-corrected chi connectivity index (χ4v) is 4.52. The van der Waals surface area contributed by atoms with E-state index in [1.807, 2.05) is 0 Å². The molecule has 0 atom stereocenters. The molecule has 43 heavy (non-hydrogen) atoms. The van der Waals surface area contributed by atoms with E-state index in [1.54, 1.807) is 19.2 Å². The van der Waals surface area contributed by atoms with Gasteiger partial charge in [0.1, 0.15) is 29.2 Å². The average Bonchev–Trinajstić information content (AvgIpc) is 3.27. The Hall–Kier alpha value is -5.37. The van der Waals surface area contributed by atoms with Gasteiger partial charge in [0, 0.05) is 31.5 Å². The summed E-state index contributed by atoms with van der Waals surface area (Å²) in [5, 5.41) is 31.2. The summed E-state index contributed by atoms with van der Waals surface area (Å²) in [6.45, 7) is 1.51. The van der Waals surface area contributed by atoms with Crippen LogP contribution in [0, 0.1) is 27.2 Å². The Kier molecular flexibility index (Phi) is 9.46. The molecule has 1 N–H and O–H groups in total. The Bertz CT molecular complexity index is 2070. The van der Waals surface area contributed by atoms with Crippen molar-refractivity contribution in [3.05, 3.63) is 99.4 Å². The standard InChI is InChI=1S/C9H5FN2O5S.C9H6N2O3.C5H8FN2O2S/c10-18(15,16)17-8-4-3-7(12(13)14)6-2-1-5-11-9(6)8;12-8-4-3-7(11(13)14)6-2-1-5-10-9(6)8;1-5-7(2)3-4-8(5)11(6,9)10/h1-5H;1-5,12H;3-4H,1-2H3/q;;+1. The van der Waals surface area contributed by atoms with Crippen LogP contribution in [0.5, 0.6) is 11.5 Å². The number of pyridine rings is 2. The third-order valence-corrected chi connectivity index (χ3v) is 6.74. The summed E-state index contributed by atoms with van der Waals surface area (Å²) in [5.41, 5.74) is -0.178. The molecule has 0 saturated carbocycles. The van der Waals surface area contributed by atoms with Crippen LogP contribution in [0.4, 0.5) is 19.1 Å². The molecule has 2 aromatic carbocycles. The van der Waals surface area contributed by atoms with E-state index in [-0.39, 0.29) is 33.5 Å². The lowest BCUT2D eigenvalue weighted by Crippen LogP contribution is -2.30. The number of aromatic nitrogens is 4. The Morgan fingerprint density at radius 3 is 1.84 bits per heavy atom. The van der Waals surface area contributed by atoms with Crippen molar-refractivity contribution in [2.45, 2.75) is 6.92 Å². The monoisotopic (exact) mass is 641 g/mol. The smallest absolute Gasteiger partial charge is 0.488 e. The first-order valence-corrected chi connectivity index (χ1v) is 14.0. The van der Waals surface area contributed by atoms with Gasteiger partial charge in [-0.15, -0.1) is 0 Å². The lowest BCUT2D eigenvalue weighted by atomic mass is 10.2. The molecule has 5 rings (SSSR count). The fourth-order valence-electron chi connectivity index (χ4n) is 3.53. The molecule has 0 saturated heterocycles. The quantitative estimate of drug-likeness (QED) is 0.126. The zero-order valence-electron chi connectivity index (χ0n) is 21.8. The molecule has 0 bridgehead atoms. The molecular formula is C23H19F2N6O10S2+. The van der Waals surface area contributed by atoms with Crippen LogP contribution >= 0.6 is 0 Å². The van der Waals surface area contributed by atoms with Crippen LogP contribution in [0.3, 0.4) is 0 Å². The first-order chi connectivity index (χ1) is 20.0. The molecular weight excluding hydrogens is 622 g/mol. The summed E-state index contributed by atoms with van der Waals surface area (Å²) in [6.07, 6.45) is 5.38. The SMILES string of the molecule is Cc1n(S(=O)(=O)F)cc[n+]1C.O=[N+]([O-])c1ccc(O)c2ncccc12.O=[N+]([O-])c1ccc(OS(=O)(=O)F)c2ncccc12. The largest absolute Gasteiger partial charge is 0.506 e. The molecule has 0 spiro atoms. The lowest BCUT2D eigenvalue weighted by molar-refractivity contribution is -0.676. The number of hydrogen-bond acceptors (Lipinski definition) is 12. The van der Waals surface area contributed by atoms with Gasteiger partial charge < -0.3 is 9.29 Å². The van der Waals surface area contributed by atoms with Crippen LogP contribution in [0.15, 0.2) is 73.3 Å². The van der Waals surface area contributed by atoms with Gasteiger partial charge in [0.05, 0.1) is 27.7 Å². The predicted octanol–water partition coefficient (Wildman–Crippen LogP) is 3.27. The molecule has 5 aromatic rings. The van der Waals surface area contributed by atoms with E-state index in [1.165, 1.54) is 54.3 Å². The number of aryl methyl sites for hydroxylation is 1. The normalized spacial score (nSPS) is 11.2. The van der Waals surface area contributed by atoms with Gasteiger partial charge in [-0.1, -0.05) is 11.7 Å². The van der Waals surface area contributed by atoms with Crippen molar-refractivity contribution in [3.63, 3.8) is 0 Å². The first kappa shape index (κ1) is 32.1. The van der Waals surface area contributed by atoms with E-state index in [0.29, 0.717) is 15.2 Å².